The van der Waals surface area contributed by atoms with E-state index in [1.807, 2.05) is 36.4 Å². The first-order valence-corrected chi connectivity index (χ1v) is 6.74. The van der Waals surface area contributed by atoms with Gasteiger partial charge in [0.15, 0.2) is 0 Å². The highest BCUT2D eigenvalue weighted by Gasteiger charge is 2.24. The van der Waals surface area contributed by atoms with Crippen molar-refractivity contribution in [3.63, 3.8) is 0 Å². The number of benzene rings is 2. The summed E-state index contributed by atoms with van der Waals surface area (Å²) in [4.78, 5) is 12.3. The highest BCUT2D eigenvalue weighted by atomic mass is 16.1. The van der Waals surface area contributed by atoms with E-state index < -0.39 is 0 Å². The van der Waals surface area contributed by atoms with Gasteiger partial charge in [-0.25, -0.2) is 0 Å². The second-order valence-corrected chi connectivity index (χ2v) is 5.28. The lowest BCUT2D eigenvalue weighted by atomic mass is 10.0. The van der Waals surface area contributed by atoms with Gasteiger partial charge in [0.05, 0.1) is 0 Å². The van der Waals surface area contributed by atoms with Crippen molar-refractivity contribution in [3.05, 3.63) is 48.0 Å². The molecule has 2 aromatic rings. The Morgan fingerprint density at radius 2 is 1.95 bits per heavy atom. The van der Waals surface area contributed by atoms with E-state index in [1.165, 1.54) is 0 Å². The van der Waals surface area contributed by atoms with E-state index in [2.05, 4.69) is 23.6 Å². The Morgan fingerprint density at radius 3 is 2.68 bits per heavy atom. The van der Waals surface area contributed by atoms with Crippen molar-refractivity contribution >= 4 is 16.7 Å². The summed E-state index contributed by atoms with van der Waals surface area (Å²) in [6, 6.07) is 14.2. The Kier molecular flexibility index (Phi) is 3.22. The Labute approximate surface area is 113 Å². The Balaban J connectivity index is 1.81. The average molecular weight is 254 g/mol. The van der Waals surface area contributed by atoms with E-state index in [1.54, 1.807) is 0 Å². The molecule has 3 rings (SSSR count). The molecular weight excluding hydrogens is 236 g/mol. The van der Waals surface area contributed by atoms with Crippen LogP contribution in [0.1, 0.15) is 17.3 Å². The predicted octanol–water partition coefficient (Wildman–Crippen LogP) is 2.18. The molecule has 2 aromatic carbocycles. The lowest BCUT2D eigenvalue weighted by molar-refractivity contribution is 0.0933. The van der Waals surface area contributed by atoms with Gasteiger partial charge < -0.3 is 10.6 Å². The van der Waals surface area contributed by atoms with E-state index in [4.69, 9.17) is 0 Å². The van der Waals surface area contributed by atoms with Crippen molar-refractivity contribution in [3.8, 4) is 0 Å². The first-order chi connectivity index (χ1) is 9.24. The van der Waals surface area contributed by atoms with Gasteiger partial charge in [-0.3, -0.25) is 4.79 Å². The molecule has 0 bridgehead atoms. The lowest BCUT2D eigenvalue weighted by Crippen LogP contribution is -2.39. The van der Waals surface area contributed by atoms with Gasteiger partial charge in [-0.1, -0.05) is 37.3 Å². The molecule has 1 saturated heterocycles. The smallest absolute Gasteiger partial charge is 0.251 e. The molecule has 2 unspecified atom stereocenters. The topological polar surface area (TPSA) is 41.1 Å². The highest BCUT2D eigenvalue weighted by Crippen LogP contribution is 2.16. The van der Waals surface area contributed by atoms with Gasteiger partial charge in [0.1, 0.15) is 0 Å². The van der Waals surface area contributed by atoms with Crippen LogP contribution in [0.5, 0.6) is 0 Å². The number of carbonyl (C=O) groups is 1. The van der Waals surface area contributed by atoms with Crippen molar-refractivity contribution in [2.75, 3.05) is 13.1 Å². The molecule has 0 aromatic heterocycles. The molecule has 1 aliphatic rings. The van der Waals surface area contributed by atoms with Gasteiger partial charge in [0.2, 0.25) is 0 Å². The SMILES string of the molecule is CC1CNCC1NC(=O)c1ccc2ccccc2c1. The van der Waals surface area contributed by atoms with Crippen molar-refractivity contribution in [1.29, 1.82) is 0 Å². The molecule has 3 heteroatoms. The largest absolute Gasteiger partial charge is 0.348 e. The van der Waals surface area contributed by atoms with E-state index in [0.717, 1.165) is 29.4 Å². The van der Waals surface area contributed by atoms with Crippen LogP contribution in [-0.2, 0) is 0 Å². The summed E-state index contributed by atoms with van der Waals surface area (Å²) in [6.07, 6.45) is 0. The van der Waals surface area contributed by atoms with Crippen LogP contribution < -0.4 is 10.6 Å². The quantitative estimate of drug-likeness (QED) is 0.862. The van der Waals surface area contributed by atoms with Crippen LogP contribution in [0.3, 0.4) is 0 Å². The third kappa shape index (κ3) is 2.47. The number of carbonyl (C=O) groups excluding carboxylic acids is 1. The molecule has 3 nitrogen and oxygen atoms in total. The molecule has 98 valence electrons. The number of nitrogens with one attached hydrogen (secondary N) is 2. The number of amides is 1. The third-order valence-corrected chi connectivity index (χ3v) is 3.85. The fourth-order valence-corrected chi connectivity index (χ4v) is 2.59. The monoisotopic (exact) mass is 254 g/mol. The molecule has 2 N–H and O–H groups in total. The zero-order chi connectivity index (χ0) is 13.2. The maximum absolute atomic E-state index is 12.3. The van der Waals surface area contributed by atoms with Crippen LogP contribution in [-0.4, -0.2) is 25.0 Å². The van der Waals surface area contributed by atoms with Crippen LogP contribution in [0, 0.1) is 5.92 Å². The molecular formula is C16H18N2O. The summed E-state index contributed by atoms with van der Waals surface area (Å²) in [5.74, 6) is 0.510. The molecule has 0 radical (unpaired) electrons. The lowest BCUT2D eigenvalue weighted by Gasteiger charge is -2.16. The molecule has 0 spiro atoms. The molecule has 1 amide bonds. The summed E-state index contributed by atoms with van der Waals surface area (Å²) < 4.78 is 0. The number of hydrogen-bond acceptors (Lipinski definition) is 2. The van der Waals surface area contributed by atoms with Crippen LogP contribution >= 0.6 is 0 Å². The zero-order valence-electron chi connectivity index (χ0n) is 11.0. The van der Waals surface area contributed by atoms with Crippen molar-refractivity contribution in [1.82, 2.24) is 10.6 Å². The summed E-state index contributed by atoms with van der Waals surface area (Å²) in [7, 11) is 0. The Hall–Kier alpha value is -1.87. The van der Waals surface area contributed by atoms with Crippen LogP contribution in [0.25, 0.3) is 10.8 Å². The highest BCUT2D eigenvalue weighted by molar-refractivity contribution is 5.98. The maximum Gasteiger partial charge on any atom is 0.251 e. The van der Waals surface area contributed by atoms with Crippen LogP contribution in [0.15, 0.2) is 42.5 Å². The van der Waals surface area contributed by atoms with Crippen molar-refractivity contribution < 1.29 is 4.79 Å². The minimum Gasteiger partial charge on any atom is -0.348 e. The number of hydrogen-bond donors (Lipinski definition) is 2. The summed E-state index contributed by atoms with van der Waals surface area (Å²) in [6.45, 7) is 3.99. The van der Waals surface area contributed by atoms with E-state index in [9.17, 15) is 4.79 Å². The van der Waals surface area contributed by atoms with Gasteiger partial charge in [0.25, 0.3) is 5.91 Å². The standard InChI is InChI=1S/C16H18N2O/c1-11-9-17-10-15(11)18-16(19)14-7-6-12-4-2-3-5-13(12)8-14/h2-8,11,15,17H,9-10H2,1H3,(H,18,19). The fourth-order valence-electron chi connectivity index (χ4n) is 2.59. The molecule has 1 heterocycles. The second-order valence-electron chi connectivity index (χ2n) is 5.28. The molecule has 1 aliphatic heterocycles. The minimum absolute atomic E-state index is 0.0197. The molecule has 0 saturated carbocycles. The number of rotatable bonds is 2. The average Bonchev–Trinajstić information content (AvgIpc) is 2.84. The van der Waals surface area contributed by atoms with Gasteiger partial charge in [0, 0.05) is 18.2 Å². The summed E-state index contributed by atoms with van der Waals surface area (Å²) >= 11 is 0. The molecule has 1 fully saturated rings. The molecule has 2 atom stereocenters. The van der Waals surface area contributed by atoms with Gasteiger partial charge in [-0.15, -0.1) is 0 Å². The fraction of sp³-hybridized carbons (Fsp3) is 0.312. The number of fused-ring (bicyclic) bond motifs is 1. The maximum atomic E-state index is 12.3. The normalized spacial score (nSPS) is 22.6. The minimum atomic E-state index is 0.0197. The molecule has 0 aliphatic carbocycles. The molecule has 19 heavy (non-hydrogen) atoms. The van der Waals surface area contributed by atoms with Gasteiger partial charge >= 0.3 is 0 Å². The van der Waals surface area contributed by atoms with Crippen LogP contribution in [0.4, 0.5) is 0 Å². The first-order valence-electron chi connectivity index (χ1n) is 6.74. The van der Waals surface area contributed by atoms with Gasteiger partial charge in [-0.05, 0) is 35.4 Å². The van der Waals surface area contributed by atoms with E-state index >= 15 is 0 Å². The Bertz CT molecular complexity index is 608. The van der Waals surface area contributed by atoms with E-state index in [-0.39, 0.29) is 11.9 Å². The predicted molar refractivity (Wildman–Crippen MR) is 77.2 cm³/mol. The van der Waals surface area contributed by atoms with Crippen molar-refractivity contribution in [2.24, 2.45) is 5.92 Å². The van der Waals surface area contributed by atoms with Crippen molar-refractivity contribution in [2.45, 2.75) is 13.0 Å². The Morgan fingerprint density at radius 1 is 1.16 bits per heavy atom. The first kappa shape index (κ1) is 12.2. The van der Waals surface area contributed by atoms with Crippen LogP contribution in [0.2, 0.25) is 0 Å². The van der Waals surface area contributed by atoms with Gasteiger partial charge in [-0.2, -0.15) is 0 Å². The second kappa shape index (κ2) is 5.02. The summed E-state index contributed by atoms with van der Waals surface area (Å²) in [5, 5.41) is 8.67. The zero-order valence-corrected chi connectivity index (χ0v) is 11.0. The van der Waals surface area contributed by atoms with E-state index in [0.29, 0.717) is 5.92 Å². The third-order valence-electron chi connectivity index (χ3n) is 3.85. The summed E-state index contributed by atoms with van der Waals surface area (Å²) in [5.41, 5.74) is 0.734.